The molecule has 150 valence electrons. The van der Waals surface area contributed by atoms with Crippen molar-refractivity contribution in [2.24, 2.45) is 0 Å². The van der Waals surface area contributed by atoms with Crippen LogP contribution in [0.1, 0.15) is 73.6 Å². The monoisotopic (exact) mass is 372 g/mol. The predicted molar refractivity (Wildman–Crippen MR) is 96.0 cm³/mol. The number of carboxylic acids is 1. The fraction of sp³-hybridized carbons (Fsp3) is 0.833. The van der Waals surface area contributed by atoms with Gasteiger partial charge in [0.15, 0.2) is 0 Å². The van der Waals surface area contributed by atoms with E-state index >= 15 is 0 Å². The van der Waals surface area contributed by atoms with Crippen LogP contribution in [0.5, 0.6) is 0 Å². The van der Waals surface area contributed by atoms with Crippen molar-refractivity contribution in [2.45, 2.75) is 96.4 Å². The van der Waals surface area contributed by atoms with Crippen molar-refractivity contribution < 1.29 is 29.0 Å². The van der Waals surface area contributed by atoms with E-state index in [9.17, 15) is 19.5 Å². The average Bonchev–Trinajstić information content (AvgIpc) is 2.31. The Morgan fingerprint density at radius 3 is 2.08 bits per heavy atom. The van der Waals surface area contributed by atoms with Gasteiger partial charge >= 0.3 is 18.2 Å². The van der Waals surface area contributed by atoms with Crippen LogP contribution in [-0.4, -0.2) is 46.0 Å². The molecule has 2 atom stereocenters. The van der Waals surface area contributed by atoms with Gasteiger partial charge in [-0.1, -0.05) is 0 Å². The number of alkyl carbamates (subject to hydrolysis) is 2. The molecular formula is C18H32N2O6. The van der Waals surface area contributed by atoms with Crippen LogP contribution >= 0.6 is 0 Å². The zero-order chi connectivity index (χ0) is 20.2. The minimum atomic E-state index is -1.01. The van der Waals surface area contributed by atoms with Crippen molar-refractivity contribution >= 4 is 18.2 Å². The number of carbonyl (C=O) groups excluding carboxylic acids is 2. The van der Waals surface area contributed by atoms with Crippen molar-refractivity contribution in [2.75, 3.05) is 0 Å². The zero-order valence-corrected chi connectivity index (χ0v) is 16.6. The van der Waals surface area contributed by atoms with Gasteiger partial charge in [0.1, 0.15) is 11.2 Å². The second-order valence-electron chi connectivity index (χ2n) is 8.92. The molecule has 3 N–H and O–H groups in total. The highest BCUT2D eigenvalue weighted by Gasteiger charge is 2.41. The molecule has 1 aliphatic carbocycles. The summed E-state index contributed by atoms with van der Waals surface area (Å²) in [5, 5.41) is 14.8. The SMILES string of the molecule is CC(C)(C)OC(=O)NC1CCCC(CC(=O)O)(NC(=O)OC(C)(C)C)C1. The predicted octanol–water partition coefficient (Wildman–Crippen LogP) is 3.19. The molecule has 0 bridgehead atoms. The number of ether oxygens (including phenoxy) is 2. The summed E-state index contributed by atoms with van der Waals surface area (Å²) >= 11 is 0. The van der Waals surface area contributed by atoms with Gasteiger partial charge in [0.25, 0.3) is 0 Å². The molecule has 0 aromatic rings. The van der Waals surface area contributed by atoms with Crippen molar-refractivity contribution in [1.29, 1.82) is 0 Å². The second kappa shape index (κ2) is 8.14. The van der Waals surface area contributed by atoms with Crippen LogP contribution in [0.15, 0.2) is 0 Å². The van der Waals surface area contributed by atoms with E-state index in [4.69, 9.17) is 9.47 Å². The van der Waals surface area contributed by atoms with Gasteiger partial charge < -0.3 is 25.2 Å². The van der Waals surface area contributed by atoms with Crippen molar-refractivity contribution in [3.05, 3.63) is 0 Å². The molecule has 1 saturated carbocycles. The van der Waals surface area contributed by atoms with E-state index in [1.165, 1.54) is 0 Å². The van der Waals surface area contributed by atoms with Crippen LogP contribution in [0.3, 0.4) is 0 Å². The average molecular weight is 372 g/mol. The third kappa shape index (κ3) is 8.40. The van der Waals surface area contributed by atoms with E-state index in [0.717, 1.165) is 0 Å². The number of rotatable bonds is 4. The van der Waals surface area contributed by atoms with Crippen LogP contribution < -0.4 is 10.6 Å². The molecule has 0 aliphatic heterocycles. The molecule has 2 amide bonds. The van der Waals surface area contributed by atoms with Gasteiger partial charge in [0.2, 0.25) is 0 Å². The molecular weight excluding hydrogens is 340 g/mol. The molecule has 1 aliphatic rings. The van der Waals surface area contributed by atoms with E-state index in [1.54, 1.807) is 41.5 Å². The normalized spacial score (nSPS) is 23.7. The first kappa shape index (κ1) is 22.1. The topological polar surface area (TPSA) is 114 Å². The van der Waals surface area contributed by atoms with Crippen LogP contribution in [-0.2, 0) is 14.3 Å². The number of amides is 2. The Hall–Kier alpha value is -1.99. The maximum atomic E-state index is 12.2. The Morgan fingerprint density at radius 2 is 1.58 bits per heavy atom. The summed E-state index contributed by atoms with van der Waals surface area (Å²) in [5.41, 5.74) is -2.27. The van der Waals surface area contributed by atoms with Gasteiger partial charge in [0, 0.05) is 6.04 Å². The third-order valence-corrected chi connectivity index (χ3v) is 3.82. The van der Waals surface area contributed by atoms with Gasteiger partial charge in [-0.05, 0) is 67.2 Å². The summed E-state index contributed by atoms with van der Waals surface area (Å²) in [6, 6.07) is -0.284. The van der Waals surface area contributed by atoms with E-state index in [-0.39, 0.29) is 12.5 Å². The number of hydrogen-bond donors (Lipinski definition) is 3. The van der Waals surface area contributed by atoms with E-state index in [2.05, 4.69) is 10.6 Å². The van der Waals surface area contributed by atoms with E-state index < -0.39 is 34.9 Å². The highest BCUT2D eigenvalue weighted by Crippen LogP contribution is 2.32. The van der Waals surface area contributed by atoms with Gasteiger partial charge in [-0.2, -0.15) is 0 Å². The Balaban J connectivity index is 2.82. The summed E-state index contributed by atoms with van der Waals surface area (Å²) in [5.74, 6) is -1.01. The molecule has 0 aromatic heterocycles. The summed E-state index contributed by atoms with van der Waals surface area (Å²) < 4.78 is 10.5. The number of carbonyl (C=O) groups is 3. The second-order valence-corrected chi connectivity index (χ2v) is 8.92. The molecule has 0 heterocycles. The summed E-state index contributed by atoms with van der Waals surface area (Å²) in [6.07, 6.45) is 0.726. The smallest absolute Gasteiger partial charge is 0.408 e. The lowest BCUT2D eigenvalue weighted by Gasteiger charge is -2.41. The quantitative estimate of drug-likeness (QED) is 0.698. The molecule has 0 saturated heterocycles. The maximum absolute atomic E-state index is 12.2. The minimum absolute atomic E-state index is 0.237. The van der Waals surface area contributed by atoms with Gasteiger partial charge in [-0.25, -0.2) is 9.59 Å². The first-order valence-corrected chi connectivity index (χ1v) is 8.92. The van der Waals surface area contributed by atoms with Crippen LogP contribution in [0.25, 0.3) is 0 Å². The molecule has 1 rings (SSSR count). The molecule has 0 spiro atoms. The number of nitrogens with one attached hydrogen (secondary N) is 2. The number of aliphatic carboxylic acids is 1. The largest absolute Gasteiger partial charge is 0.481 e. The molecule has 2 unspecified atom stereocenters. The Labute approximate surface area is 155 Å². The lowest BCUT2D eigenvalue weighted by atomic mass is 9.77. The highest BCUT2D eigenvalue weighted by molar-refractivity contribution is 5.73. The van der Waals surface area contributed by atoms with Crippen LogP contribution in [0.4, 0.5) is 9.59 Å². The third-order valence-electron chi connectivity index (χ3n) is 3.82. The molecule has 8 nitrogen and oxygen atoms in total. The molecule has 1 fully saturated rings. The number of carboxylic acid groups (broad SMARTS) is 1. The lowest BCUT2D eigenvalue weighted by Crippen LogP contribution is -2.57. The zero-order valence-electron chi connectivity index (χ0n) is 16.6. The van der Waals surface area contributed by atoms with Crippen molar-refractivity contribution in [3.63, 3.8) is 0 Å². The van der Waals surface area contributed by atoms with Crippen molar-refractivity contribution in [3.8, 4) is 0 Å². The van der Waals surface area contributed by atoms with Crippen molar-refractivity contribution in [1.82, 2.24) is 10.6 Å². The fourth-order valence-electron chi connectivity index (χ4n) is 3.09. The van der Waals surface area contributed by atoms with E-state index in [0.29, 0.717) is 25.7 Å². The standard InChI is InChI=1S/C18H32N2O6/c1-16(2,3)25-14(23)19-12-8-7-9-18(10-12,11-13(21)22)20-15(24)26-17(4,5)6/h12H,7-11H2,1-6H3,(H,19,23)(H,20,24)(H,21,22). The van der Waals surface area contributed by atoms with Crippen LogP contribution in [0.2, 0.25) is 0 Å². The summed E-state index contributed by atoms with van der Waals surface area (Å²) in [4.78, 5) is 35.6. The lowest BCUT2D eigenvalue weighted by molar-refractivity contribution is -0.139. The fourth-order valence-corrected chi connectivity index (χ4v) is 3.09. The Bertz CT molecular complexity index is 535. The van der Waals surface area contributed by atoms with Gasteiger partial charge in [0.05, 0.1) is 12.0 Å². The number of hydrogen-bond acceptors (Lipinski definition) is 5. The Kier molecular flexibility index (Phi) is 6.90. The van der Waals surface area contributed by atoms with Gasteiger partial charge in [-0.3, -0.25) is 4.79 Å². The molecule has 0 radical (unpaired) electrons. The van der Waals surface area contributed by atoms with E-state index in [1.807, 2.05) is 0 Å². The first-order valence-electron chi connectivity index (χ1n) is 8.92. The van der Waals surface area contributed by atoms with Crippen LogP contribution in [0, 0.1) is 0 Å². The van der Waals surface area contributed by atoms with Gasteiger partial charge in [-0.15, -0.1) is 0 Å². The maximum Gasteiger partial charge on any atom is 0.408 e. The Morgan fingerprint density at radius 1 is 1.04 bits per heavy atom. The molecule has 8 heteroatoms. The summed E-state index contributed by atoms with van der Waals surface area (Å²) in [7, 11) is 0. The highest BCUT2D eigenvalue weighted by atomic mass is 16.6. The minimum Gasteiger partial charge on any atom is -0.481 e. The molecule has 26 heavy (non-hydrogen) atoms. The molecule has 0 aromatic carbocycles. The first-order chi connectivity index (χ1) is 11.7. The summed E-state index contributed by atoms with van der Waals surface area (Å²) in [6.45, 7) is 10.5.